The average Bonchev–Trinajstić information content (AvgIpc) is 3.09. The first-order chi connectivity index (χ1) is 8.82. The summed E-state index contributed by atoms with van der Waals surface area (Å²) in [6, 6.07) is -0.0575. The lowest BCUT2D eigenvalue weighted by molar-refractivity contribution is -0.131. The molecule has 1 amide bonds. The number of carbonyl (C=O) groups excluding carboxylic acids is 1. The number of amides is 1. The van der Waals surface area contributed by atoms with Gasteiger partial charge in [0.1, 0.15) is 0 Å². The lowest BCUT2D eigenvalue weighted by Crippen LogP contribution is -2.40. The second-order valence-electron chi connectivity index (χ2n) is 5.11. The van der Waals surface area contributed by atoms with Gasteiger partial charge in [-0.2, -0.15) is 0 Å². The Morgan fingerprint density at radius 3 is 2.58 bits per heavy atom. The molecule has 2 rings (SSSR count). The van der Waals surface area contributed by atoms with Crippen molar-refractivity contribution in [2.24, 2.45) is 25.7 Å². The second-order valence-corrected chi connectivity index (χ2v) is 5.11. The first-order valence-electron chi connectivity index (χ1n) is 6.09. The molecule has 0 spiro atoms. The smallest absolute Gasteiger partial charge is 0.330 e. The van der Waals surface area contributed by atoms with Gasteiger partial charge in [0.15, 0.2) is 0 Å². The fourth-order valence-corrected chi connectivity index (χ4v) is 2.11. The molecular formula is C12H18N4O3. The van der Waals surface area contributed by atoms with Gasteiger partial charge in [-0.1, -0.05) is 0 Å². The molecule has 0 saturated heterocycles. The molecule has 104 valence electrons. The summed E-state index contributed by atoms with van der Waals surface area (Å²) in [5.74, 6) is -0.176. The van der Waals surface area contributed by atoms with Crippen molar-refractivity contribution in [3.63, 3.8) is 0 Å². The van der Waals surface area contributed by atoms with Crippen molar-refractivity contribution in [2.75, 3.05) is 7.05 Å². The quantitative estimate of drug-likeness (QED) is 0.712. The molecule has 7 heteroatoms. The van der Waals surface area contributed by atoms with Crippen LogP contribution in [0.3, 0.4) is 0 Å². The predicted molar refractivity (Wildman–Crippen MR) is 69.5 cm³/mol. The van der Waals surface area contributed by atoms with E-state index >= 15 is 0 Å². The maximum absolute atomic E-state index is 11.9. The van der Waals surface area contributed by atoms with E-state index in [1.165, 1.54) is 22.7 Å². The third kappa shape index (κ3) is 2.46. The Hall–Kier alpha value is -1.89. The Morgan fingerprint density at radius 1 is 1.47 bits per heavy atom. The van der Waals surface area contributed by atoms with Crippen LogP contribution in [-0.2, 0) is 25.4 Å². The van der Waals surface area contributed by atoms with Crippen molar-refractivity contribution in [1.82, 2.24) is 14.0 Å². The van der Waals surface area contributed by atoms with Crippen molar-refractivity contribution in [3.8, 4) is 0 Å². The SMILES string of the molecule is CN(Cc1cn(C)c(=O)n(C)c1=O)C(=O)C1CC1N. The summed E-state index contributed by atoms with van der Waals surface area (Å²) < 4.78 is 2.37. The molecule has 2 unspecified atom stereocenters. The van der Waals surface area contributed by atoms with Crippen LogP contribution in [-0.4, -0.2) is 33.0 Å². The molecule has 19 heavy (non-hydrogen) atoms. The van der Waals surface area contributed by atoms with Crippen molar-refractivity contribution < 1.29 is 4.79 Å². The number of carbonyl (C=O) groups is 1. The number of nitrogens with zero attached hydrogens (tertiary/aromatic N) is 3. The molecule has 1 aliphatic rings. The Morgan fingerprint density at radius 2 is 2.05 bits per heavy atom. The van der Waals surface area contributed by atoms with E-state index in [0.29, 0.717) is 12.0 Å². The molecular weight excluding hydrogens is 248 g/mol. The van der Waals surface area contributed by atoms with Gasteiger partial charge in [0.25, 0.3) is 5.56 Å². The largest absolute Gasteiger partial charge is 0.341 e. The maximum atomic E-state index is 11.9. The van der Waals surface area contributed by atoms with E-state index in [0.717, 1.165) is 4.57 Å². The Bertz CT molecular complexity index is 631. The van der Waals surface area contributed by atoms with Crippen LogP contribution >= 0.6 is 0 Å². The van der Waals surface area contributed by atoms with Gasteiger partial charge in [-0.05, 0) is 6.42 Å². The minimum atomic E-state index is -0.382. The van der Waals surface area contributed by atoms with Crippen molar-refractivity contribution in [2.45, 2.75) is 19.0 Å². The first-order valence-corrected chi connectivity index (χ1v) is 6.09. The fraction of sp³-hybridized carbons (Fsp3) is 0.583. The standard InChI is InChI=1S/C12H18N4O3/c1-14(11(18)8-4-9(8)13)5-7-6-15(2)12(19)16(3)10(7)17/h6,8-9H,4-5,13H2,1-3H3. The predicted octanol–water partition coefficient (Wildman–Crippen LogP) is -1.61. The van der Waals surface area contributed by atoms with E-state index in [-0.39, 0.29) is 35.7 Å². The molecule has 0 radical (unpaired) electrons. The minimum Gasteiger partial charge on any atom is -0.341 e. The van der Waals surface area contributed by atoms with E-state index in [9.17, 15) is 14.4 Å². The molecule has 1 aromatic rings. The highest BCUT2D eigenvalue weighted by Gasteiger charge is 2.41. The van der Waals surface area contributed by atoms with Gasteiger partial charge in [0.2, 0.25) is 5.91 Å². The van der Waals surface area contributed by atoms with E-state index in [4.69, 9.17) is 5.73 Å². The Kier molecular flexibility index (Phi) is 3.32. The summed E-state index contributed by atoms with van der Waals surface area (Å²) in [6.07, 6.45) is 2.18. The number of rotatable bonds is 3. The highest BCUT2D eigenvalue weighted by molar-refractivity contribution is 5.82. The Balaban J connectivity index is 2.22. The molecule has 1 aromatic heterocycles. The van der Waals surface area contributed by atoms with E-state index in [1.54, 1.807) is 14.1 Å². The van der Waals surface area contributed by atoms with Gasteiger partial charge < -0.3 is 15.2 Å². The van der Waals surface area contributed by atoms with Crippen LogP contribution in [0.5, 0.6) is 0 Å². The number of nitrogens with two attached hydrogens (primary N) is 1. The average molecular weight is 266 g/mol. The third-order valence-corrected chi connectivity index (χ3v) is 3.46. The van der Waals surface area contributed by atoms with Crippen LogP contribution in [0.1, 0.15) is 12.0 Å². The van der Waals surface area contributed by atoms with Crippen LogP contribution in [0.2, 0.25) is 0 Å². The monoisotopic (exact) mass is 266 g/mol. The van der Waals surface area contributed by atoms with Gasteiger partial charge in [-0.15, -0.1) is 0 Å². The van der Waals surface area contributed by atoms with E-state index < -0.39 is 0 Å². The topological polar surface area (TPSA) is 90.3 Å². The summed E-state index contributed by atoms with van der Waals surface area (Å²) in [7, 11) is 4.63. The summed E-state index contributed by atoms with van der Waals surface area (Å²) >= 11 is 0. The van der Waals surface area contributed by atoms with E-state index in [1.807, 2.05) is 0 Å². The number of hydrogen-bond donors (Lipinski definition) is 1. The summed E-state index contributed by atoms with van der Waals surface area (Å²) in [5.41, 5.74) is 5.29. The molecule has 1 fully saturated rings. The normalized spacial score (nSPS) is 21.3. The summed E-state index contributed by atoms with van der Waals surface area (Å²) in [4.78, 5) is 36.9. The number of aryl methyl sites for hydroxylation is 1. The van der Waals surface area contributed by atoms with Gasteiger partial charge in [-0.25, -0.2) is 4.79 Å². The second kappa shape index (κ2) is 4.65. The van der Waals surface area contributed by atoms with Gasteiger partial charge >= 0.3 is 5.69 Å². The highest BCUT2D eigenvalue weighted by Crippen LogP contribution is 2.29. The molecule has 1 saturated carbocycles. The number of hydrogen-bond acceptors (Lipinski definition) is 4. The lowest BCUT2D eigenvalue weighted by atomic mass is 10.2. The zero-order valence-corrected chi connectivity index (χ0v) is 11.3. The molecule has 2 N–H and O–H groups in total. The van der Waals surface area contributed by atoms with Gasteiger partial charge in [0, 0.05) is 33.4 Å². The summed E-state index contributed by atoms with van der Waals surface area (Å²) in [6.45, 7) is 0.183. The molecule has 0 bridgehead atoms. The summed E-state index contributed by atoms with van der Waals surface area (Å²) in [5, 5.41) is 0. The number of aromatic nitrogens is 2. The van der Waals surface area contributed by atoms with Crippen molar-refractivity contribution >= 4 is 5.91 Å². The van der Waals surface area contributed by atoms with E-state index in [2.05, 4.69) is 0 Å². The molecule has 2 atom stereocenters. The van der Waals surface area contributed by atoms with Gasteiger partial charge in [-0.3, -0.25) is 14.2 Å². The van der Waals surface area contributed by atoms with Crippen LogP contribution in [0.25, 0.3) is 0 Å². The van der Waals surface area contributed by atoms with Crippen molar-refractivity contribution in [1.29, 1.82) is 0 Å². The van der Waals surface area contributed by atoms with Crippen LogP contribution < -0.4 is 17.0 Å². The van der Waals surface area contributed by atoms with Crippen LogP contribution in [0, 0.1) is 5.92 Å². The Labute approximate surface area is 110 Å². The third-order valence-electron chi connectivity index (χ3n) is 3.46. The zero-order valence-electron chi connectivity index (χ0n) is 11.3. The van der Waals surface area contributed by atoms with Crippen LogP contribution in [0.4, 0.5) is 0 Å². The van der Waals surface area contributed by atoms with Crippen LogP contribution in [0.15, 0.2) is 15.8 Å². The molecule has 0 aliphatic heterocycles. The van der Waals surface area contributed by atoms with Crippen molar-refractivity contribution in [3.05, 3.63) is 32.6 Å². The fourth-order valence-electron chi connectivity index (χ4n) is 2.11. The zero-order chi connectivity index (χ0) is 14.3. The lowest BCUT2D eigenvalue weighted by Gasteiger charge is -2.17. The highest BCUT2D eigenvalue weighted by atomic mass is 16.2. The molecule has 1 heterocycles. The first kappa shape index (κ1) is 13.5. The molecule has 7 nitrogen and oxygen atoms in total. The molecule has 0 aromatic carbocycles. The maximum Gasteiger partial charge on any atom is 0.330 e. The minimum absolute atomic E-state index is 0.0524. The molecule has 1 aliphatic carbocycles. The van der Waals surface area contributed by atoms with Gasteiger partial charge in [0.05, 0.1) is 18.0 Å².